The summed E-state index contributed by atoms with van der Waals surface area (Å²) in [5, 5.41) is 3.42. The molecule has 2 aliphatic rings. The third kappa shape index (κ3) is 3.68. The zero-order valence-electron chi connectivity index (χ0n) is 14.9. The number of hydrogen-bond donors (Lipinski definition) is 1. The molecule has 5 heteroatoms. The maximum atomic E-state index is 12.6. The first kappa shape index (κ1) is 16.9. The summed E-state index contributed by atoms with van der Waals surface area (Å²) in [6.45, 7) is 3.35. The van der Waals surface area contributed by atoms with E-state index in [1.807, 2.05) is 30.3 Å². The van der Waals surface area contributed by atoms with Gasteiger partial charge in [-0.3, -0.25) is 4.90 Å². The minimum atomic E-state index is -0.294. The second-order valence-electron chi connectivity index (χ2n) is 6.69. The average molecular weight is 352 g/mol. The number of carbonyl (C=O) groups excluding carboxylic acids is 1. The number of amides is 1. The summed E-state index contributed by atoms with van der Waals surface area (Å²) < 4.78 is 11.3. The van der Waals surface area contributed by atoms with Gasteiger partial charge in [0.05, 0.1) is 18.8 Å². The van der Waals surface area contributed by atoms with Gasteiger partial charge in [0.2, 0.25) is 0 Å². The van der Waals surface area contributed by atoms with Crippen LogP contribution in [0, 0.1) is 0 Å². The number of fused-ring (bicyclic) bond motifs is 2. The third-order valence-corrected chi connectivity index (χ3v) is 4.97. The molecular weight excluding hydrogens is 328 g/mol. The van der Waals surface area contributed by atoms with Crippen LogP contribution in [-0.4, -0.2) is 38.9 Å². The van der Waals surface area contributed by atoms with Crippen molar-refractivity contribution in [2.45, 2.75) is 19.3 Å². The fourth-order valence-electron chi connectivity index (χ4n) is 3.55. The highest BCUT2D eigenvalue weighted by molar-refractivity contribution is 5.90. The smallest absolute Gasteiger partial charge is 0.414 e. The minimum absolute atomic E-state index is 0.294. The highest BCUT2D eigenvalue weighted by Crippen LogP contribution is 2.35. The Bertz CT molecular complexity index is 776. The molecule has 0 bridgehead atoms. The quantitative estimate of drug-likeness (QED) is 0.923. The van der Waals surface area contributed by atoms with E-state index in [0.29, 0.717) is 19.8 Å². The normalized spacial score (nSPS) is 16.1. The molecule has 4 rings (SSSR count). The van der Waals surface area contributed by atoms with Gasteiger partial charge < -0.3 is 14.8 Å². The summed E-state index contributed by atoms with van der Waals surface area (Å²) in [6.07, 6.45) is 2.39. The number of nitrogens with one attached hydrogen (secondary N) is 1. The van der Waals surface area contributed by atoms with Crippen molar-refractivity contribution in [1.29, 1.82) is 0 Å². The molecule has 2 aromatic carbocycles. The minimum Gasteiger partial charge on any atom is -0.490 e. The highest BCUT2D eigenvalue weighted by atomic mass is 16.6. The van der Waals surface area contributed by atoms with Crippen molar-refractivity contribution in [1.82, 2.24) is 5.32 Å². The van der Waals surface area contributed by atoms with Crippen molar-refractivity contribution in [2.75, 3.05) is 37.7 Å². The van der Waals surface area contributed by atoms with Gasteiger partial charge in [0.25, 0.3) is 0 Å². The van der Waals surface area contributed by atoms with Gasteiger partial charge in [-0.15, -0.1) is 0 Å². The Morgan fingerprint density at radius 1 is 1.12 bits per heavy atom. The van der Waals surface area contributed by atoms with E-state index >= 15 is 0 Å². The number of hydrogen-bond acceptors (Lipinski definition) is 4. The molecule has 2 aromatic rings. The third-order valence-electron chi connectivity index (χ3n) is 4.97. The largest absolute Gasteiger partial charge is 0.490 e. The van der Waals surface area contributed by atoms with E-state index in [4.69, 9.17) is 9.47 Å². The highest BCUT2D eigenvalue weighted by Gasteiger charge is 2.26. The van der Waals surface area contributed by atoms with E-state index in [0.717, 1.165) is 43.8 Å². The number of anilines is 1. The van der Waals surface area contributed by atoms with Crippen molar-refractivity contribution in [3.63, 3.8) is 0 Å². The van der Waals surface area contributed by atoms with Crippen LogP contribution < -0.4 is 15.0 Å². The topological polar surface area (TPSA) is 50.8 Å². The molecule has 0 spiro atoms. The Kier molecular flexibility index (Phi) is 5.07. The fraction of sp³-hybridized carbons (Fsp3) is 0.381. The van der Waals surface area contributed by atoms with E-state index in [1.54, 1.807) is 4.90 Å². The predicted molar refractivity (Wildman–Crippen MR) is 101 cm³/mol. The summed E-state index contributed by atoms with van der Waals surface area (Å²) in [5.41, 5.74) is 4.61. The molecule has 5 nitrogen and oxygen atoms in total. The maximum Gasteiger partial charge on any atom is 0.414 e. The molecule has 2 aliphatic heterocycles. The summed E-state index contributed by atoms with van der Waals surface area (Å²) in [5.74, 6) is 0.789. The molecule has 0 aromatic heterocycles. The number of rotatable bonds is 3. The molecule has 0 saturated carbocycles. The van der Waals surface area contributed by atoms with Crippen molar-refractivity contribution in [3.8, 4) is 5.75 Å². The summed E-state index contributed by atoms with van der Waals surface area (Å²) in [7, 11) is 0. The van der Waals surface area contributed by atoms with E-state index in [1.165, 1.54) is 16.7 Å². The summed E-state index contributed by atoms with van der Waals surface area (Å²) in [6, 6.07) is 14.3. The number of benzene rings is 2. The van der Waals surface area contributed by atoms with Gasteiger partial charge in [0.1, 0.15) is 12.4 Å². The van der Waals surface area contributed by atoms with E-state index in [9.17, 15) is 4.79 Å². The van der Waals surface area contributed by atoms with Gasteiger partial charge in [-0.25, -0.2) is 4.79 Å². The second kappa shape index (κ2) is 7.79. The lowest BCUT2D eigenvalue weighted by Gasteiger charge is -2.30. The Morgan fingerprint density at radius 2 is 1.88 bits per heavy atom. The first-order valence-electron chi connectivity index (χ1n) is 9.29. The molecule has 0 fully saturated rings. The van der Waals surface area contributed by atoms with E-state index in [-0.39, 0.29) is 6.09 Å². The molecule has 1 amide bonds. The average Bonchev–Trinajstić information content (AvgIpc) is 2.91. The summed E-state index contributed by atoms with van der Waals surface area (Å²) in [4.78, 5) is 14.3. The lowest BCUT2D eigenvalue weighted by Crippen LogP contribution is -2.38. The molecule has 0 aliphatic carbocycles. The summed E-state index contributed by atoms with van der Waals surface area (Å²) >= 11 is 0. The Balaban J connectivity index is 1.46. The molecule has 0 radical (unpaired) electrons. The molecule has 0 atom stereocenters. The van der Waals surface area contributed by atoms with Crippen molar-refractivity contribution in [3.05, 3.63) is 59.2 Å². The molecule has 0 unspecified atom stereocenters. The number of nitrogens with zero attached hydrogens (tertiary/aromatic N) is 1. The van der Waals surface area contributed by atoms with Gasteiger partial charge in [-0.2, -0.15) is 0 Å². The van der Waals surface area contributed by atoms with E-state index in [2.05, 4.69) is 17.4 Å². The first-order chi connectivity index (χ1) is 12.8. The van der Waals surface area contributed by atoms with Gasteiger partial charge in [-0.05, 0) is 54.8 Å². The first-order valence-corrected chi connectivity index (χ1v) is 9.29. The monoisotopic (exact) mass is 352 g/mol. The van der Waals surface area contributed by atoms with Crippen LogP contribution in [0.2, 0.25) is 0 Å². The molecular formula is C21H24N2O3. The maximum absolute atomic E-state index is 12.6. The molecule has 136 valence electrons. The second-order valence-corrected chi connectivity index (χ2v) is 6.69. The number of carbonyl (C=O) groups is 1. The van der Waals surface area contributed by atoms with Crippen LogP contribution in [0.1, 0.15) is 16.7 Å². The molecule has 26 heavy (non-hydrogen) atoms. The van der Waals surface area contributed by atoms with Crippen LogP contribution in [0.3, 0.4) is 0 Å². The Morgan fingerprint density at radius 3 is 2.69 bits per heavy atom. The van der Waals surface area contributed by atoms with Gasteiger partial charge >= 0.3 is 6.09 Å². The van der Waals surface area contributed by atoms with Gasteiger partial charge in [0, 0.05) is 6.42 Å². The van der Waals surface area contributed by atoms with Crippen LogP contribution in [0.5, 0.6) is 5.75 Å². The molecule has 2 heterocycles. The van der Waals surface area contributed by atoms with Crippen LogP contribution in [0.15, 0.2) is 42.5 Å². The molecule has 0 saturated heterocycles. The number of ether oxygens (including phenoxy) is 2. The fourth-order valence-corrected chi connectivity index (χ4v) is 3.55. The Labute approximate surface area is 153 Å². The van der Waals surface area contributed by atoms with E-state index < -0.39 is 0 Å². The lowest BCUT2D eigenvalue weighted by molar-refractivity contribution is 0.151. The lowest BCUT2D eigenvalue weighted by atomic mass is 10.0. The molecule has 1 N–H and O–H groups in total. The van der Waals surface area contributed by atoms with Crippen LogP contribution in [0.4, 0.5) is 10.5 Å². The van der Waals surface area contributed by atoms with Gasteiger partial charge in [0.15, 0.2) is 0 Å². The SMILES string of the molecule is O=C(OCCc1ccccc1)N1CCOc2cc3c(cc21)CCNCC3. The van der Waals surface area contributed by atoms with Crippen molar-refractivity contribution in [2.24, 2.45) is 0 Å². The zero-order chi connectivity index (χ0) is 17.8. The van der Waals surface area contributed by atoms with Crippen molar-refractivity contribution < 1.29 is 14.3 Å². The van der Waals surface area contributed by atoms with Crippen LogP contribution in [0.25, 0.3) is 0 Å². The predicted octanol–water partition coefficient (Wildman–Crippen LogP) is 2.95. The van der Waals surface area contributed by atoms with Crippen LogP contribution >= 0.6 is 0 Å². The van der Waals surface area contributed by atoms with Crippen molar-refractivity contribution >= 4 is 11.8 Å². The van der Waals surface area contributed by atoms with Gasteiger partial charge in [-0.1, -0.05) is 30.3 Å². The van der Waals surface area contributed by atoms with Crippen LogP contribution in [-0.2, 0) is 24.0 Å². The zero-order valence-corrected chi connectivity index (χ0v) is 14.9. The Hall–Kier alpha value is -2.53. The standard InChI is InChI=1S/C21H24N2O3/c24-21(26-12-8-16-4-2-1-3-5-16)23-11-13-25-20-15-18-7-10-22-9-6-17(18)14-19(20)23/h1-5,14-15,22H,6-13H2.